The van der Waals surface area contributed by atoms with E-state index >= 15 is 0 Å². The predicted octanol–water partition coefficient (Wildman–Crippen LogP) is 1.90. The van der Waals surface area contributed by atoms with Gasteiger partial charge in [0.2, 0.25) is 17.5 Å². The van der Waals surface area contributed by atoms with Gasteiger partial charge in [0.1, 0.15) is 6.10 Å². The predicted molar refractivity (Wildman–Crippen MR) is 153 cm³/mol. The van der Waals surface area contributed by atoms with Crippen LogP contribution in [-0.4, -0.2) is 73.2 Å². The number of ether oxygens (including phenoxy) is 3. The van der Waals surface area contributed by atoms with E-state index < -0.39 is 59.8 Å². The molecule has 12 heteroatoms. The van der Waals surface area contributed by atoms with Crippen LogP contribution in [0.15, 0.2) is 58.5 Å². The van der Waals surface area contributed by atoms with Gasteiger partial charge in [-0.15, -0.1) is 0 Å². The van der Waals surface area contributed by atoms with Crippen LogP contribution in [0.4, 0.5) is 4.79 Å². The number of hydrogen-bond donors (Lipinski definition) is 4. The van der Waals surface area contributed by atoms with Crippen molar-refractivity contribution in [3.8, 4) is 0 Å². The minimum atomic E-state index is -1.02. The Balaban J connectivity index is 2.64. The molecule has 1 heterocycles. The fraction of sp³-hybridized carbons (Fsp3) is 0.500. The van der Waals surface area contributed by atoms with Gasteiger partial charge in [0, 0.05) is 44.3 Å². The van der Waals surface area contributed by atoms with Crippen molar-refractivity contribution in [3.63, 3.8) is 0 Å². The molecule has 0 aromatic carbocycles. The van der Waals surface area contributed by atoms with Crippen molar-refractivity contribution in [2.45, 2.75) is 71.9 Å². The highest BCUT2D eigenvalue weighted by Gasteiger charge is 2.33. The van der Waals surface area contributed by atoms with Crippen LogP contribution in [0.25, 0.3) is 0 Å². The van der Waals surface area contributed by atoms with E-state index in [0.717, 1.165) is 6.08 Å². The molecule has 1 aliphatic carbocycles. The number of ketones is 2. The van der Waals surface area contributed by atoms with Crippen LogP contribution in [0.2, 0.25) is 0 Å². The fourth-order valence-corrected chi connectivity index (χ4v) is 4.90. The molecule has 0 radical (unpaired) electrons. The summed E-state index contributed by atoms with van der Waals surface area (Å²) in [7, 11) is 2.87. The molecule has 0 unspecified atom stereocenters. The molecule has 5 N–H and O–H groups in total. The van der Waals surface area contributed by atoms with Crippen LogP contribution < -0.4 is 16.4 Å². The Morgan fingerprint density at radius 1 is 1.12 bits per heavy atom. The lowest BCUT2D eigenvalue weighted by Gasteiger charge is -2.30. The molecule has 230 valence electrons. The molecule has 0 saturated carbocycles. The summed E-state index contributed by atoms with van der Waals surface area (Å²) in [6.07, 6.45) is 3.15. The van der Waals surface area contributed by atoms with E-state index in [1.807, 2.05) is 6.92 Å². The number of allylic oxidation sites excluding steroid dienone is 4. The highest BCUT2D eigenvalue weighted by Crippen LogP contribution is 2.28. The number of hydrogen-bond acceptors (Lipinski definition) is 9. The van der Waals surface area contributed by atoms with Crippen molar-refractivity contribution in [1.82, 2.24) is 10.6 Å². The fourth-order valence-electron chi connectivity index (χ4n) is 4.90. The van der Waals surface area contributed by atoms with Crippen LogP contribution in [0.5, 0.6) is 0 Å². The first-order chi connectivity index (χ1) is 19.7. The molecular weight excluding hydrogens is 546 g/mol. The average Bonchev–Trinajstić information content (AvgIpc) is 2.91. The molecule has 3 amide bonds. The molecule has 2 aliphatic rings. The van der Waals surface area contributed by atoms with Gasteiger partial charge in [0.05, 0.1) is 23.6 Å². The van der Waals surface area contributed by atoms with Crippen LogP contribution in [0.1, 0.15) is 47.5 Å². The van der Waals surface area contributed by atoms with E-state index in [-0.39, 0.29) is 41.3 Å². The molecule has 0 aromatic heterocycles. The quantitative estimate of drug-likeness (QED) is 0.282. The van der Waals surface area contributed by atoms with E-state index in [9.17, 15) is 29.1 Å². The molecule has 0 spiro atoms. The first-order valence-electron chi connectivity index (χ1n) is 13.6. The van der Waals surface area contributed by atoms with Gasteiger partial charge in [-0.3, -0.25) is 19.2 Å². The Labute approximate surface area is 245 Å². The SMILES string of the molecule is CO[C@H]1C[C@H](C)CC2=C(NC(C)=O)C(=O)C=C(NC(=O)/C(C)=C\C=C\[C@@H](OC)[C@@H](OC(N)=O)/C(C)=C/[C@H](C)[C@H]1O)C2=O. The lowest BCUT2D eigenvalue weighted by Crippen LogP contribution is -2.38. The van der Waals surface area contributed by atoms with Crippen LogP contribution in [0.3, 0.4) is 0 Å². The Hall–Kier alpha value is -3.87. The van der Waals surface area contributed by atoms with Gasteiger partial charge in [-0.2, -0.15) is 0 Å². The van der Waals surface area contributed by atoms with E-state index in [4.69, 9.17) is 19.9 Å². The summed E-state index contributed by atoms with van der Waals surface area (Å²) in [5.41, 5.74) is 5.76. The van der Waals surface area contributed by atoms with Crippen molar-refractivity contribution in [2.75, 3.05) is 14.2 Å². The number of rotatable bonds is 4. The molecule has 0 saturated heterocycles. The first kappa shape index (κ1) is 34.3. The second-order valence-corrected chi connectivity index (χ2v) is 10.6. The largest absolute Gasteiger partial charge is 0.439 e. The minimum Gasteiger partial charge on any atom is -0.439 e. The molecule has 2 bridgehead atoms. The van der Waals surface area contributed by atoms with E-state index in [1.165, 1.54) is 40.2 Å². The lowest BCUT2D eigenvalue weighted by atomic mass is 9.85. The summed E-state index contributed by atoms with van der Waals surface area (Å²) in [4.78, 5) is 62.9. The summed E-state index contributed by atoms with van der Waals surface area (Å²) >= 11 is 0. The molecule has 0 aromatic rings. The number of fused-ring (bicyclic) bond motifs is 2. The summed E-state index contributed by atoms with van der Waals surface area (Å²) in [6, 6.07) is 0. The van der Waals surface area contributed by atoms with Crippen LogP contribution in [-0.2, 0) is 33.4 Å². The second-order valence-electron chi connectivity index (χ2n) is 10.6. The molecule has 0 fully saturated rings. The Kier molecular flexibility index (Phi) is 12.6. The van der Waals surface area contributed by atoms with Gasteiger partial charge in [0.15, 0.2) is 6.10 Å². The van der Waals surface area contributed by atoms with Gasteiger partial charge in [-0.05, 0) is 38.2 Å². The van der Waals surface area contributed by atoms with Crippen molar-refractivity contribution in [1.29, 1.82) is 0 Å². The third-order valence-electron chi connectivity index (χ3n) is 7.09. The van der Waals surface area contributed by atoms with Crippen LogP contribution >= 0.6 is 0 Å². The number of nitrogens with one attached hydrogen (secondary N) is 2. The zero-order chi connectivity index (χ0) is 31.7. The molecule has 12 nitrogen and oxygen atoms in total. The molecule has 42 heavy (non-hydrogen) atoms. The van der Waals surface area contributed by atoms with Gasteiger partial charge in [-0.1, -0.05) is 38.2 Å². The lowest BCUT2D eigenvalue weighted by molar-refractivity contribution is -0.122. The summed E-state index contributed by atoms with van der Waals surface area (Å²) < 4.78 is 16.5. The van der Waals surface area contributed by atoms with Crippen LogP contribution in [0, 0.1) is 11.8 Å². The standard InChI is InChI=1S/C30H41N3O9/c1-15-11-20-25(32-19(5)34)22(35)14-21(27(20)37)33-29(38)16(2)9-8-10-23(40-6)28(42-30(31)39)18(4)13-17(3)26(36)24(12-15)41-7/h8-10,13-15,17,23-24,26,28,36H,11-12H2,1-7H3,(H2,31,39)(H,32,34)(H,33,38)/b10-8+,16-9-,18-13+/t15-,17+,23-,24+,26-,28+/m1/s1. The van der Waals surface area contributed by atoms with Gasteiger partial charge in [-0.25, -0.2) is 4.79 Å². The number of nitrogens with two attached hydrogens (primary N) is 1. The monoisotopic (exact) mass is 587 g/mol. The van der Waals surface area contributed by atoms with E-state index in [0.29, 0.717) is 5.57 Å². The van der Waals surface area contributed by atoms with Gasteiger partial charge in [0.25, 0.3) is 5.91 Å². The molecule has 1 aliphatic heterocycles. The number of carbonyl (C=O) groups excluding carboxylic acids is 5. The number of aliphatic hydroxyl groups excluding tert-OH is 1. The van der Waals surface area contributed by atoms with E-state index in [2.05, 4.69) is 10.6 Å². The summed E-state index contributed by atoms with van der Waals surface area (Å²) in [5, 5.41) is 16.1. The van der Waals surface area contributed by atoms with Crippen molar-refractivity contribution < 1.29 is 43.3 Å². The van der Waals surface area contributed by atoms with Crippen molar-refractivity contribution >= 4 is 29.5 Å². The molecular formula is C30H41N3O9. The highest BCUT2D eigenvalue weighted by atomic mass is 16.6. The topological polar surface area (TPSA) is 183 Å². The van der Waals surface area contributed by atoms with E-state index in [1.54, 1.807) is 26.0 Å². The van der Waals surface area contributed by atoms with Gasteiger partial charge >= 0.3 is 6.09 Å². The maximum absolute atomic E-state index is 13.5. The minimum absolute atomic E-state index is 0.0439. The third-order valence-corrected chi connectivity index (χ3v) is 7.09. The number of methoxy groups -OCH3 is 2. The Morgan fingerprint density at radius 3 is 2.36 bits per heavy atom. The zero-order valence-corrected chi connectivity index (χ0v) is 25.1. The normalized spacial score (nSPS) is 31.6. The molecule has 2 rings (SSSR count). The third kappa shape index (κ3) is 9.07. The average molecular weight is 588 g/mol. The first-order valence-corrected chi connectivity index (χ1v) is 13.6. The Bertz CT molecular complexity index is 1240. The number of Topliss-reactive ketones (excluding diaryl/α,β-unsaturated/α-hetero) is 1. The summed E-state index contributed by atoms with van der Waals surface area (Å²) in [5.74, 6) is -3.17. The van der Waals surface area contributed by atoms with Gasteiger partial charge < -0.3 is 35.7 Å². The zero-order valence-electron chi connectivity index (χ0n) is 25.1. The van der Waals surface area contributed by atoms with Crippen molar-refractivity contribution in [2.24, 2.45) is 17.6 Å². The molecule has 6 atom stereocenters. The number of primary amides is 1. The van der Waals surface area contributed by atoms with Crippen molar-refractivity contribution in [3.05, 3.63) is 58.5 Å². The highest BCUT2D eigenvalue weighted by molar-refractivity contribution is 6.24. The maximum Gasteiger partial charge on any atom is 0.405 e. The Morgan fingerprint density at radius 2 is 1.79 bits per heavy atom. The maximum atomic E-state index is 13.5. The second kappa shape index (κ2) is 15.4. The number of aliphatic hydroxyl groups is 1. The number of amides is 3. The smallest absolute Gasteiger partial charge is 0.405 e. The summed E-state index contributed by atoms with van der Waals surface area (Å²) in [6.45, 7) is 8.04. The number of carbonyl (C=O) groups is 5.